The smallest absolute Gasteiger partial charge is 0.289 e. The Bertz CT molecular complexity index is 1380. The van der Waals surface area contributed by atoms with Gasteiger partial charge in [0.25, 0.3) is 5.91 Å². The van der Waals surface area contributed by atoms with Gasteiger partial charge in [0.1, 0.15) is 30.2 Å². The van der Waals surface area contributed by atoms with Gasteiger partial charge in [0.05, 0.1) is 25.8 Å². The normalized spacial score (nSPS) is 14.0. The molecule has 0 aliphatic heterocycles. The van der Waals surface area contributed by atoms with Gasteiger partial charge in [-0.3, -0.25) is 43.2 Å². The molecule has 0 heterocycles. The number of aliphatic hydroxyl groups excluding tert-OH is 2. The molecule has 0 rings (SSSR count). The lowest BCUT2D eigenvalue weighted by Crippen LogP contribution is -2.59. The highest BCUT2D eigenvalue weighted by molar-refractivity contribution is 6.37. The number of ketones is 1. The zero-order valence-corrected chi connectivity index (χ0v) is 36.4. The van der Waals surface area contributed by atoms with Crippen molar-refractivity contribution < 1.29 is 53.4 Å². The maximum absolute atomic E-state index is 13.2. The van der Waals surface area contributed by atoms with Crippen molar-refractivity contribution >= 4 is 53.0 Å². The van der Waals surface area contributed by atoms with Crippen LogP contribution in [0.2, 0.25) is 0 Å². The number of nitrogens with zero attached hydrogens (tertiary/aromatic N) is 1. The van der Waals surface area contributed by atoms with E-state index in [2.05, 4.69) is 44.1 Å². The summed E-state index contributed by atoms with van der Waals surface area (Å²) in [7, 11) is 2.47. The van der Waals surface area contributed by atoms with Crippen LogP contribution < -0.4 is 37.2 Å². The second-order valence-electron chi connectivity index (χ2n) is 15.4. The van der Waals surface area contributed by atoms with Crippen LogP contribution in [0.3, 0.4) is 0 Å². The predicted molar refractivity (Wildman–Crippen MR) is 220 cm³/mol. The van der Waals surface area contributed by atoms with Crippen LogP contribution in [0.4, 0.5) is 0 Å². The number of aliphatic hydroxyl groups is 2. The lowest BCUT2D eigenvalue weighted by molar-refractivity contribution is -0.144. The van der Waals surface area contributed by atoms with E-state index in [1.54, 1.807) is 13.8 Å². The number of carbonyl (C=O) groups excluding carboxylic acids is 9. The summed E-state index contributed by atoms with van der Waals surface area (Å²) in [6.45, 7) is 7.74. The van der Waals surface area contributed by atoms with Crippen LogP contribution in [0.15, 0.2) is 0 Å². The molecule has 9 N–H and O–H groups in total. The van der Waals surface area contributed by atoms with E-state index in [0.717, 1.165) is 24.2 Å². The molecule has 0 radical (unpaired) electrons. The van der Waals surface area contributed by atoms with E-state index in [4.69, 9.17) is 0 Å². The molecule has 338 valence electrons. The number of likely N-dealkylation sites (N-methyl/N-ethyl adjacent to an activating group) is 2. The fraction of sp³-hybridized carbons (Fsp3) is 0.775. The maximum atomic E-state index is 13.2. The monoisotopic (exact) mass is 841 g/mol. The highest BCUT2D eigenvalue weighted by Crippen LogP contribution is 2.12. The van der Waals surface area contributed by atoms with Crippen LogP contribution in [-0.4, -0.2) is 138 Å². The number of carbonyl (C=O) groups is 9. The van der Waals surface area contributed by atoms with Crippen LogP contribution >= 0.6 is 0 Å². The molecule has 0 aromatic rings. The van der Waals surface area contributed by atoms with Crippen molar-refractivity contribution in [1.82, 2.24) is 42.1 Å². The van der Waals surface area contributed by atoms with Crippen molar-refractivity contribution in [2.24, 2.45) is 5.92 Å². The topological polar surface area (TPSA) is 282 Å². The summed E-state index contributed by atoms with van der Waals surface area (Å²) in [6, 6.07) is -6.38. The van der Waals surface area contributed by atoms with Crippen molar-refractivity contribution in [1.29, 1.82) is 0 Å². The number of amides is 8. The van der Waals surface area contributed by atoms with Gasteiger partial charge in [0.15, 0.2) is 0 Å². The lowest BCUT2D eigenvalue weighted by Gasteiger charge is -2.31. The predicted octanol–water partition coefficient (Wildman–Crippen LogP) is -0.540. The highest BCUT2D eigenvalue weighted by Gasteiger charge is 2.34. The van der Waals surface area contributed by atoms with Crippen LogP contribution in [0.5, 0.6) is 0 Å². The zero-order valence-electron chi connectivity index (χ0n) is 36.4. The average Bonchev–Trinajstić information content (AvgIpc) is 3.18. The Labute approximate surface area is 349 Å². The maximum Gasteiger partial charge on any atom is 0.289 e. The van der Waals surface area contributed by atoms with Crippen LogP contribution in [0.25, 0.3) is 0 Å². The largest absolute Gasteiger partial charge is 0.394 e. The van der Waals surface area contributed by atoms with E-state index in [0.29, 0.717) is 6.42 Å². The summed E-state index contributed by atoms with van der Waals surface area (Å²) in [4.78, 5) is 114. The van der Waals surface area contributed by atoms with E-state index < -0.39 is 109 Å². The second-order valence-corrected chi connectivity index (χ2v) is 15.4. The molecular weight excluding hydrogens is 768 g/mol. The first-order valence-electron chi connectivity index (χ1n) is 20.9. The zero-order chi connectivity index (χ0) is 45.1. The minimum absolute atomic E-state index is 0.0801. The fourth-order valence-corrected chi connectivity index (χ4v) is 5.98. The standard InChI is InChI=1S/C40H72N8O11/c1-9-10-11-12-13-14-15-16-17-18-19-20-32(52)46-30(24-49)38(57)44-26(4)35(54)43-23-33(53)48(8)34(28(6)50)40(59)45-27(5)36(55)47-29(21-25(2)3)37(56)42-22-31(51)39(58)41-7/h25-30,34,49-50H,9-24H2,1-8H3,(H,41,58)(H,42,56)(H,43,54)(H,44,57)(H,45,59)(H,46,52)(H,47,55)/t26-,27+,28?,29+,30-,34+/m1/s1. The van der Waals surface area contributed by atoms with Crippen molar-refractivity contribution in [3.8, 4) is 0 Å². The first kappa shape index (κ1) is 54.3. The van der Waals surface area contributed by atoms with Gasteiger partial charge in [0.2, 0.25) is 47.1 Å². The third-order valence-corrected chi connectivity index (χ3v) is 9.54. The van der Waals surface area contributed by atoms with Crippen LogP contribution in [0.1, 0.15) is 125 Å². The number of hydrogen-bond donors (Lipinski definition) is 9. The summed E-state index contributed by atoms with van der Waals surface area (Å²) in [6.07, 6.45) is 11.3. The SMILES string of the molecule is CCCCCCCCCCCCCC(=O)N[C@H](CO)C(=O)N[C@H](C)C(=O)NCC(=O)N(C)[C@H](C(=O)N[C@@H](C)C(=O)N[C@@H](CC(C)C)C(=O)NCC(=O)C(=O)NC)C(C)O. The minimum Gasteiger partial charge on any atom is -0.394 e. The van der Waals surface area contributed by atoms with Gasteiger partial charge in [-0.15, -0.1) is 0 Å². The summed E-state index contributed by atoms with van der Waals surface area (Å²) in [5, 5.41) is 36.7. The van der Waals surface area contributed by atoms with E-state index in [-0.39, 0.29) is 18.8 Å². The van der Waals surface area contributed by atoms with Crippen molar-refractivity contribution in [3.63, 3.8) is 0 Å². The van der Waals surface area contributed by atoms with Gasteiger partial charge in [-0.1, -0.05) is 85.0 Å². The number of hydrogen-bond acceptors (Lipinski definition) is 11. The molecule has 0 aliphatic rings. The molecular formula is C40H72N8O11. The van der Waals surface area contributed by atoms with Gasteiger partial charge in [-0.2, -0.15) is 0 Å². The second kappa shape index (κ2) is 30.4. The van der Waals surface area contributed by atoms with Gasteiger partial charge in [0, 0.05) is 20.5 Å². The molecule has 0 saturated heterocycles. The van der Waals surface area contributed by atoms with Gasteiger partial charge in [-0.05, 0) is 39.5 Å². The molecule has 19 heteroatoms. The molecule has 0 aromatic carbocycles. The van der Waals surface area contributed by atoms with E-state index in [1.807, 2.05) is 0 Å². The third-order valence-electron chi connectivity index (χ3n) is 9.54. The molecule has 59 heavy (non-hydrogen) atoms. The van der Waals surface area contributed by atoms with E-state index in [9.17, 15) is 53.4 Å². The molecule has 0 bridgehead atoms. The Morgan fingerprint density at radius 3 is 1.61 bits per heavy atom. The van der Waals surface area contributed by atoms with Gasteiger partial charge < -0.3 is 52.3 Å². The van der Waals surface area contributed by atoms with E-state index >= 15 is 0 Å². The lowest BCUT2D eigenvalue weighted by atomic mass is 10.0. The summed E-state index contributed by atoms with van der Waals surface area (Å²) in [5.41, 5.74) is 0. The van der Waals surface area contributed by atoms with Crippen LogP contribution in [-0.2, 0) is 43.2 Å². The molecule has 0 saturated carbocycles. The summed E-state index contributed by atoms with van der Waals surface area (Å²) in [5.74, 6) is -7.11. The molecule has 0 aliphatic carbocycles. The Hall–Kier alpha value is -4.65. The summed E-state index contributed by atoms with van der Waals surface area (Å²) < 4.78 is 0. The molecule has 6 atom stereocenters. The molecule has 19 nitrogen and oxygen atoms in total. The fourth-order valence-electron chi connectivity index (χ4n) is 5.98. The third kappa shape index (κ3) is 22.9. The Morgan fingerprint density at radius 1 is 0.593 bits per heavy atom. The number of rotatable bonds is 31. The quantitative estimate of drug-likeness (QED) is 0.0316. The average molecular weight is 841 g/mol. The molecule has 1 unspecified atom stereocenters. The minimum atomic E-state index is -1.52. The molecule has 8 amide bonds. The number of nitrogens with one attached hydrogen (secondary N) is 7. The Kier molecular flexibility index (Phi) is 28.0. The molecule has 0 aromatic heterocycles. The summed E-state index contributed by atoms with van der Waals surface area (Å²) >= 11 is 0. The van der Waals surface area contributed by atoms with Crippen molar-refractivity contribution in [2.45, 2.75) is 161 Å². The molecule has 0 spiro atoms. The molecule has 0 fully saturated rings. The van der Waals surface area contributed by atoms with Gasteiger partial charge >= 0.3 is 0 Å². The van der Waals surface area contributed by atoms with Crippen molar-refractivity contribution in [2.75, 3.05) is 33.8 Å². The van der Waals surface area contributed by atoms with Crippen molar-refractivity contribution in [3.05, 3.63) is 0 Å². The number of Topliss-reactive ketones (excluding diaryl/α,β-unsaturated/α-hetero) is 1. The van der Waals surface area contributed by atoms with E-state index in [1.165, 1.54) is 79.8 Å². The van der Waals surface area contributed by atoms with Gasteiger partial charge in [-0.25, -0.2) is 0 Å². The first-order chi connectivity index (χ1) is 27.8. The highest BCUT2D eigenvalue weighted by atomic mass is 16.3. The number of unbranched alkanes of at least 4 members (excludes halogenated alkanes) is 10. The first-order valence-corrected chi connectivity index (χ1v) is 20.9. The van der Waals surface area contributed by atoms with Crippen LogP contribution in [0, 0.1) is 5.92 Å². The Morgan fingerprint density at radius 2 is 1.10 bits per heavy atom. The Balaban J connectivity index is 5.01.